The monoisotopic (exact) mass is 410 g/mol. The Kier molecular flexibility index (Phi) is 5.03. The average Bonchev–Trinajstić information content (AvgIpc) is 3.13. The van der Waals surface area contributed by atoms with E-state index >= 15 is 0 Å². The molecule has 2 N–H and O–H groups in total. The van der Waals surface area contributed by atoms with Crippen molar-refractivity contribution >= 4 is 16.9 Å². The molecule has 0 unspecified atom stereocenters. The van der Waals surface area contributed by atoms with Gasteiger partial charge in [0.15, 0.2) is 0 Å². The lowest BCUT2D eigenvalue weighted by molar-refractivity contribution is -0.140. The van der Waals surface area contributed by atoms with E-state index in [0.29, 0.717) is 30.9 Å². The molecule has 154 valence electrons. The lowest BCUT2D eigenvalue weighted by Crippen LogP contribution is -2.32. The smallest absolute Gasteiger partial charge is 0.431 e. The average molecular weight is 410 g/mol. The number of nitrogens with zero attached hydrogens (tertiary/aromatic N) is 2. The Labute approximate surface area is 163 Å². The highest BCUT2D eigenvalue weighted by Gasteiger charge is 2.35. The number of hydrogen-bond acceptors (Lipinski definition) is 5. The van der Waals surface area contributed by atoms with Gasteiger partial charge in [0.1, 0.15) is 35.1 Å². The third-order valence-electron chi connectivity index (χ3n) is 4.95. The molecule has 6 nitrogen and oxygen atoms in total. The van der Waals surface area contributed by atoms with Gasteiger partial charge in [0.05, 0.1) is 18.0 Å². The normalized spacial score (nSPS) is 19.1. The van der Waals surface area contributed by atoms with Gasteiger partial charge in [-0.2, -0.15) is 13.2 Å². The minimum Gasteiger partial charge on any atom is -0.493 e. The molecule has 3 aromatic rings. The first-order valence-electron chi connectivity index (χ1n) is 8.95. The molecule has 2 atom stereocenters. The highest BCUT2D eigenvalue weighted by molar-refractivity contribution is 5.88. The number of fused-ring (bicyclic) bond motifs is 2. The SMILES string of the molecule is COCC[C@@H]1COc2cc(F)ccc2[C@H]1Nc1ncnc2[nH]c(C(F)(F)F)cc12. The van der Waals surface area contributed by atoms with Gasteiger partial charge < -0.3 is 19.8 Å². The minimum absolute atomic E-state index is 0.0565. The first-order chi connectivity index (χ1) is 13.9. The molecule has 0 bridgehead atoms. The van der Waals surface area contributed by atoms with Crippen LogP contribution in [-0.4, -0.2) is 35.3 Å². The van der Waals surface area contributed by atoms with Crippen LogP contribution in [0.3, 0.4) is 0 Å². The molecule has 1 aliphatic heterocycles. The van der Waals surface area contributed by atoms with Crippen LogP contribution in [0.15, 0.2) is 30.6 Å². The molecule has 3 heterocycles. The molecule has 0 amide bonds. The van der Waals surface area contributed by atoms with E-state index in [-0.39, 0.29) is 28.8 Å². The summed E-state index contributed by atoms with van der Waals surface area (Å²) in [7, 11) is 1.59. The van der Waals surface area contributed by atoms with Crippen LogP contribution in [0.2, 0.25) is 0 Å². The van der Waals surface area contributed by atoms with Gasteiger partial charge in [0.2, 0.25) is 0 Å². The van der Waals surface area contributed by atoms with Crippen molar-refractivity contribution in [1.82, 2.24) is 15.0 Å². The first kappa shape index (κ1) is 19.4. The summed E-state index contributed by atoms with van der Waals surface area (Å²) in [5.41, 5.74) is -0.117. The number of halogens is 4. The molecule has 0 fully saturated rings. The van der Waals surface area contributed by atoms with Crippen LogP contribution in [0.25, 0.3) is 11.0 Å². The van der Waals surface area contributed by atoms with Crippen molar-refractivity contribution < 1.29 is 27.0 Å². The van der Waals surface area contributed by atoms with Gasteiger partial charge in [-0.1, -0.05) is 6.07 Å². The molecular formula is C19H18F4N4O2. The molecule has 0 aliphatic carbocycles. The largest absolute Gasteiger partial charge is 0.493 e. The summed E-state index contributed by atoms with van der Waals surface area (Å²) < 4.78 is 63.7. The van der Waals surface area contributed by atoms with Gasteiger partial charge >= 0.3 is 6.18 Å². The summed E-state index contributed by atoms with van der Waals surface area (Å²) in [5.74, 6) is 0.166. The molecule has 4 rings (SSSR count). The highest BCUT2D eigenvalue weighted by Crippen LogP contribution is 2.40. The Morgan fingerprint density at radius 2 is 2.10 bits per heavy atom. The van der Waals surface area contributed by atoms with Gasteiger partial charge in [-0.3, -0.25) is 0 Å². The number of anilines is 1. The molecule has 0 radical (unpaired) electrons. The zero-order chi connectivity index (χ0) is 20.6. The predicted octanol–water partition coefficient (Wildman–Crippen LogP) is 4.31. The van der Waals surface area contributed by atoms with Crippen LogP contribution < -0.4 is 10.1 Å². The number of methoxy groups -OCH3 is 1. The Morgan fingerprint density at radius 1 is 1.28 bits per heavy atom. The second kappa shape index (κ2) is 7.51. The van der Waals surface area contributed by atoms with Crippen LogP contribution >= 0.6 is 0 Å². The fourth-order valence-electron chi connectivity index (χ4n) is 3.51. The van der Waals surface area contributed by atoms with Crippen LogP contribution in [0.5, 0.6) is 5.75 Å². The zero-order valence-corrected chi connectivity index (χ0v) is 15.4. The fourth-order valence-corrected chi connectivity index (χ4v) is 3.51. The van der Waals surface area contributed by atoms with Crippen molar-refractivity contribution in [2.24, 2.45) is 5.92 Å². The molecule has 10 heteroatoms. The van der Waals surface area contributed by atoms with Crippen LogP contribution in [0.4, 0.5) is 23.4 Å². The van der Waals surface area contributed by atoms with Crippen molar-refractivity contribution in [2.45, 2.75) is 18.6 Å². The summed E-state index contributed by atoms with van der Waals surface area (Å²) in [6.45, 7) is 0.789. The van der Waals surface area contributed by atoms with Gasteiger partial charge in [-0.05, 0) is 18.6 Å². The van der Waals surface area contributed by atoms with E-state index in [1.807, 2.05) is 0 Å². The second-order valence-electron chi connectivity index (χ2n) is 6.82. The Morgan fingerprint density at radius 3 is 2.86 bits per heavy atom. The van der Waals surface area contributed by atoms with Gasteiger partial charge in [0.25, 0.3) is 0 Å². The summed E-state index contributed by atoms with van der Waals surface area (Å²) >= 11 is 0. The topological polar surface area (TPSA) is 72.1 Å². The maximum atomic E-state index is 13.6. The van der Waals surface area contributed by atoms with E-state index in [2.05, 4.69) is 20.3 Å². The lowest BCUT2D eigenvalue weighted by Gasteiger charge is -2.34. The number of aromatic nitrogens is 3. The quantitative estimate of drug-likeness (QED) is 0.613. The third kappa shape index (κ3) is 3.84. The number of ether oxygens (including phenoxy) is 2. The molecule has 2 aromatic heterocycles. The Hall–Kier alpha value is -2.88. The number of H-pyrrole nitrogens is 1. The first-order valence-corrected chi connectivity index (χ1v) is 8.95. The summed E-state index contributed by atoms with van der Waals surface area (Å²) in [6, 6.07) is 4.86. The van der Waals surface area contributed by atoms with Crippen LogP contribution in [0, 0.1) is 11.7 Å². The van der Waals surface area contributed by atoms with E-state index in [0.717, 1.165) is 6.07 Å². The molecule has 0 saturated carbocycles. The number of benzene rings is 1. The minimum atomic E-state index is -4.53. The molecule has 0 spiro atoms. The Balaban J connectivity index is 1.73. The highest BCUT2D eigenvalue weighted by atomic mass is 19.4. The third-order valence-corrected chi connectivity index (χ3v) is 4.95. The standard InChI is InChI=1S/C19H18F4N4O2/c1-28-5-4-10-8-29-14-6-11(20)2-3-12(14)16(10)27-18-13-7-15(19(21,22)23)26-17(13)24-9-25-18/h2-3,6-7,9-10,16H,4-5,8H2,1H3,(H2,24,25,26,27)/t10-,16+/m1/s1. The van der Waals surface area contributed by atoms with Gasteiger partial charge in [0, 0.05) is 31.3 Å². The molecule has 29 heavy (non-hydrogen) atoms. The second-order valence-corrected chi connectivity index (χ2v) is 6.82. The molecule has 1 aromatic carbocycles. The molecular weight excluding hydrogens is 392 g/mol. The van der Waals surface area contributed by atoms with E-state index < -0.39 is 17.7 Å². The number of hydrogen-bond donors (Lipinski definition) is 2. The molecule has 0 saturated heterocycles. The summed E-state index contributed by atoms with van der Waals surface area (Å²) in [6.07, 6.45) is -2.70. The van der Waals surface area contributed by atoms with E-state index in [1.54, 1.807) is 13.2 Å². The van der Waals surface area contributed by atoms with Gasteiger partial charge in [-0.25, -0.2) is 14.4 Å². The number of nitrogens with one attached hydrogen (secondary N) is 2. The maximum Gasteiger partial charge on any atom is 0.431 e. The summed E-state index contributed by atoms with van der Waals surface area (Å²) in [4.78, 5) is 10.3. The van der Waals surface area contributed by atoms with Crippen molar-refractivity contribution in [1.29, 1.82) is 0 Å². The maximum absolute atomic E-state index is 13.6. The summed E-state index contributed by atoms with van der Waals surface area (Å²) in [5, 5.41) is 3.45. The van der Waals surface area contributed by atoms with E-state index in [4.69, 9.17) is 9.47 Å². The van der Waals surface area contributed by atoms with Crippen molar-refractivity contribution in [2.75, 3.05) is 25.6 Å². The number of rotatable bonds is 5. The van der Waals surface area contributed by atoms with Crippen molar-refractivity contribution in [3.05, 3.63) is 47.7 Å². The molecule has 1 aliphatic rings. The zero-order valence-electron chi connectivity index (χ0n) is 15.4. The fraction of sp³-hybridized carbons (Fsp3) is 0.368. The van der Waals surface area contributed by atoms with Gasteiger partial charge in [-0.15, -0.1) is 0 Å². The van der Waals surface area contributed by atoms with Crippen LogP contribution in [0.1, 0.15) is 23.7 Å². The van der Waals surface area contributed by atoms with E-state index in [1.165, 1.54) is 18.5 Å². The lowest BCUT2D eigenvalue weighted by atomic mass is 9.88. The number of alkyl halides is 3. The van der Waals surface area contributed by atoms with E-state index in [9.17, 15) is 17.6 Å². The predicted molar refractivity (Wildman–Crippen MR) is 97.1 cm³/mol. The van der Waals surface area contributed by atoms with Crippen molar-refractivity contribution in [3.8, 4) is 5.75 Å². The van der Waals surface area contributed by atoms with Crippen molar-refractivity contribution in [3.63, 3.8) is 0 Å². The van der Waals surface area contributed by atoms with Crippen LogP contribution in [-0.2, 0) is 10.9 Å². The Bertz CT molecular complexity index is 1020. The number of aromatic amines is 1.